The Bertz CT molecular complexity index is 283. The Morgan fingerprint density at radius 2 is 1.45 bits per heavy atom. The Kier molecular flexibility index (Phi) is 35.7. The summed E-state index contributed by atoms with van der Waals surface area (Å²) in [5, 5.41) is 16.6. The third-order valence-electron chi connectivity index (χ3n) is 1.13. The van der Waals surface area contributed by atoms with Crippen molar-refractivity contribution >= 4 is 11.9 Å². The molecule has 0 spiro atoms. The minimum absolute atomic E-state index is 0. The second kappa shape index (κ2) is 22.9. The number of carbonyl (C=O) groups excluding carboxylic acids is 2. The van der Waals surface area contributed by atoms with E-state index >= 15 is 0 Å². The largest absolute Gasteiger partial charge is 2.00 e. The van der Waals surface area contributed by atoms with Crippen molar-refractivity contribution in [2.75, 3.05) is 13.2 Å². The quantitative estimate of drug-likeness (QED) is 0.207. The van der Waals surface area contributed by atoms with Crippen LogP contribution in [0.2, 0.25) is 0 Å². The molecule has 0 radical (unpaired) electrons. The van der Waals surface area contributed by atoms with Crippen molar-refractivity contribution in [1.29, 1.82) is 0 Å². The molecule has 0 aliphatic heterocycles. The Balaban J connectivity index is -0.0000000655. The van der Waals surface area contributed by atoms with Gasteiger partial charge in [0.2, 0.25) is 0 Å². The molecule has 7 heteroatoms. The number of aliphatic hydroxyl groups excluding tert-OH is 2. The molecule has 0 aliphatic carbocycles. The average molecular weight is 326 g/mol. The third-order valence-corrected chi connectivity index (χ3v) is 1.13. The number of hydrogen-bond donors (Lipinski definition) is 2. The van der Waals surface area contributed by atoms with Crippen LogP contribution in [0.3, 0.4) is 0 Å². The van der Waals surface area contributed by atoms with E-state index in [4.69, 9.17) is 19.8 Å². The summed E-state index contributed by atoms with van der Waals surface area (Å²) in [6.07, 6.45) is 2.91. The van der Waals surface area contributed by atoms with Gasteiger partial charge in [-0.15, -0.1) is 0 Å². The van der Waals surface area contributed by atoms with Crippen molar-refractivity contribution in [1.82, 2.24) is 0 Å². The van der Waals surface area contributed by atoms with E-state index in [-0.39, 0.29) is 54.3 Å². The van der Waals surface area contributed by atoms with E-state index in [1.54, 1.807) is 13.8 Å². The summed E-state index contributed by atoms with van der Waals surface area (Å²) in [7, 11) is 0. The summed E-state index contributed by atoms with van der Waals surface area (Å²) in [4.78, 5) is 17.2. The van der Waals surface area contributed by atoms with Crippen LogP contribution in [0.5, 0.6) is 0 Å². The summed E-state index contributed by atoms with van der Waals surface area (Å²) in [6, 6.07) is 0. The van der Waals surface area contributed by atoms with Gasteiger partial charge < -0.3 is 44.1 Å². The first-order valence-electron chi connectivity index (χ1n) is 5.03. The Morgan fingerprint density at radius 3 is 1.75 bits per heavy atom. The molecule has 0 rings (SSSR count). The monoisotopic (exact) mass is 326 g/mol. The minimum Gasteiger partial charge on any atom is -0.515 e. The molecule has 116 valence electrons. The summed E-state index contributed by atoms with van der Waals surface area (Å²) in [5.41, 5.74) is 0. The van der Waals surface area contributed by atoms with Crippen LogP contribution >= 0.6 is 0 Å². The van der Waals surface area contributed by atoms with E-state index in [1.807, 2.05) is 0 Å². The van der Waals surface area contributed by atoms with Crippen LogP contribution in [0, 0.1) is 14.9 Å². The molecule has 0 atom stereocenters. The molecule has 6 nitrogen and oxygen atoms in total. The van der Waals surface area contributed by atoms with Crippen molar-refractivity contribution < 1.29 is 51.0 Å². The first kappa shape index (κ1) is 31.2. The van der Waals surface area contributed by atoms with Crippen molar-refractivity contribution in [2.45, 2.75) is 20.8 Å². The number of hydrogen-bond acceptors (Lipinski definition) is 4. The molecule has 0 saturated carbocycles. The van der Waals surface area contributed by atoms with Crippen LogP contribution in [-0.2, 0) is 31.2 Å². The zero-order chi connectivity index (χ0) is 13.7. The summed E-state index contributed by atoms with van der Waals surface area (Å²) in [5.74, 6) is -0.492. The number of esters is 2. The van der Waals surface area contributed by atoms with E-state index in [9.17, 15) is 0 Å². The smallest absolute Gasteiger partial charge is 0.515 e. The second-order valence-corrected chi connectivity index (χ2v) is 2.64. The standard InChI is InChI=1S/C6H10O3.C5H8O3.2CH3.Ti/c1-3-9-6(8)4-5(2)7;1-2-8-5(7)3-4-6;;;/h4,7H,3H2,1-2H3;3-4,6H,2H2,1H3;2*1H3;/q;;2*-1;+2/p+2/b5-4-;4-3-;;;. The third kappa shape index (κ3) is 30.1. The predicted octanol–water partition coefficient (Wildman–Crippen LogP) is 2.48. The van der Waals surface area contributed by atoms with E-state index in [2.05, 4.69) is 9.47 Å². The minimum atomic E-state index is -0.269. The molecule has 0 saturated heterocycles. The fourth-order valence-electron chi connectivity index (χ4n) is 0.628. The molecule has 0 aromatic carbocycles. The van der Waals surface area contributed by atoms with E-state index in [0.29, 0.717) is 19.5 Å². The molecule has 0 heterocycles. The fraction of sp³-hybridized carbons (Fsp3) is 0.385. The normalized spacial score (nSPS) is 8.85. The Labute approximate surface area is 136 Å². The van der Waals surface area contributed by atoms with Gasteiger partial charge in [0.25, 0.3) is 0 Å². The Hall–Kier alpha value is -1.27. The van der Waals surface area contributed by atoms with Gasteiger partial charge in [-0.1, -0.05) is 0 Å². The van der Waals surface area contributed by atoms with Crippen molar-refractivity contribution in [3.63, 3.8) is 0 Å². The summed E-state index contributed by atoms with van der Waals surface area (Å²) < 4.78 is 9.10. The first-order valence-corrected chi connectivity index (χ1v) is 5.03. The van der Waals surface area contributed by atoms with E-state index in [1.165, 1.54) is 6.92 Å². The topological polar surface area (TPSA) is 102 Å². The molecule has 4 N–H and O–H groups in total. The number of allylic oxidation sites excluding steroid dienone is 1. The van der Waals surface area contributed by atoms with Crippen LogP contribution in [0.1, 0.15) is 20.8 Å². The van der Waals surface area contributed by atoms with Gasteiger partial charge in [0, 0.05) is 0 Å². The molecular formula is C13H26O6Ti+2. The molecule has 0 unspecified atom stereocenters. The molecular weight excluding hydrogens is 300 g/mol. The van der Waals surface area contributed by atoms with E-state index < -0.39 is 0 Å². The molecule has 0 aliphatic rings. The van der Waals surface area contributed by atoms with E-state index in [0.717, 1.165) is 12.2 Å². The average Bonchev–Trinajstić information content (AvgIpc) is 2.18. The van der Waals surface area contributed by atoms with Crippen molar-refractivity contribution in [3.8, 4) is 0 Å². The number of aliphatic hydroxyl groups is 2. The molecule has 0 amide bonds. The Morgan fingerprint density at radius 1 is 1.05 bits per heavy atom. The molecule has 0 fully saturated rings. The maximum absolute atomic E-state index is 8.68. The van der Waals surface area contributed by atoms with Gasteiger partial charge in [0.15, 0.2) is 13.2 Å². The predicted molar refractivity (Wildman–Crippen MR) is 78.1 cm³/mol. The first-order chi connectivity index (χ1) is 7.97. The van der Waals surface area contributed by atoms with Crippen LogP contribution in [-0.4, -0.2) is 45.0 Å². The molecule has 0 aromatic heterocycles. The van der Waals surface area contributed by atoms with Gasteiger partial charge in [0.1, 0.15) is 17.9 Å². The second-order valence-electron chi connectivity index (χ2n) is 2.64. The number of ether oxygens (including phenoxy) is 2. The van der Waals surface area contributed by atoms with Gasteiger partial charge >= 0.3 is 33.7 Å². The summed E-state index contributed by atoms with van der Waals surface area (Å²) >= 11 is 0. The molecule has 0 bridgehead atoms. The van der Waals surface area contributed by atoms with Gasteiger partial charge in [-0.05, 0) is 20.8 Å². The maximum atomic E-state index is 8.68. The van der Waals surface area contributed by atoms with Gasteiger partial charge in [-0.3, -0.25) is 0 Å². The van der Waals surface area contributed by atoms with Crippen molar-refractivity contribution in [3.05, 3.63) is 39.0 Å². The maximum Gasteiger partial charge on any atom is 2.00 e. The van der Waals surface area contributed by atoms with Crippen LogP contribution in [0.15, 0.2) is 24.2 Å². The van der Waals surface area contributed by atoms with Crippen LogP contribution in [0.4, 0.5) is 0 Å². The zero-order valence-electron chi connectivity index (χ0n) is 12.8. The van der Waals surface area contributed by atoms with Crippen LogP contribution < -0.4 is 0 Å². The number of rotatable bonds is 4. The zero-order valence-corrected chi connectivity index (χ0v) is 14.3. The molecule has 20 heavy (non-hydrogen) atoms. The SMILES string of the molecule is CCOC(=[OH+])/C=C(/C)O.CCOC(=[OH+])/C=C\O.[CH3-].[CH3-].[Ti+2]. The van der Waals surface area contributed by atoms with Crippen LogP contribution in [0.25, 0.3) is 0 Å². The van der Waals surface area contributed by atoms with Crippen molar-refractivity contribution in [2.24, 2.45) is 0 Å². The fourth-order valence-corrected chi connectivity index (χ4v) is 0.628. The van der Waals surface area contributed by atoms with Gasteiger partial charge in [0.05, 0.1) is 6.26 Å². The molecule has 0 aromatic rings. The van der Waals surface area contributed by atoms with Gasteiger partial charge in [-0.2, -0.15) is 0 Å². The van der Waals surface area contributed by atoms with Gasteiger partial charge in [-0.25, -0.2) is 0 Å². The summed E-state index contributed by atoms with van der Waals surface area (Å²) in [6.45, 7) is 5.74.